The molecule has 3 rings (SSSR count). The van der Waals surface area contributed by atoms with Crippen molar-refractivity contribution in [2.45, 2.75) is 25.0 Å². The molecule has 2 nitrogen and oxygen atoms in total. The van der Waals surface area contributed by atoms with E-state index >= 15 is 0 Å². The maximum absolute atomic E-state index is 11.6. The fraction of sp³-hybridized carbons (Fsp3) is 0.417. The third-order valence-electron chi connectivity index (χ3n) is 2.88. The second-order valence-electron chi connectivity index (χ2n) is 4.06. The van der Waals surface area contributed by atoms with Gasteiger partial charge in [0, 0.05) is 5.92 Å². The lowest BCUT2D eigenvalue weighted by Gasteiger charge is -1.93. The number of benzene rings is 1. The van der Waals surface area contributed by atoms with Crippen molar-refractivity contribution < 1.29 is 9.53 Å². The molecule has 0 unspecified atom stereocenters. The van der Waals surface area contributed by atoms with Crippen molar-refractivity contribution in [2.75, 3.05) is 0 Å². The molecule has 1 aliphatic carbocycles. The Hall–Kier alpha value is -1.15. The van der Waals surface area contributed by atoms with Crippen molar-refractivity contribution in [3.63, 3.8) is 0 Å². The van der Waals surface area contributed by atoms with Crippen LogP contribution in [0.4, 0.5) is 0 Å². The molecule has 0 radical (unpaired) electrons. The Balaban J connectivity index is 1.70. The van der Waals surface area contributed by atoms with Crippen LogP contribution >= 0.6 is 0 Å². The molecule has 2 heteroatoms. The highest BCUT2D eigenvalue weighted by Gasteiger charge is 2.50. The molecule has 0 amide bonds. The summed E-state index contributed by atoms with van der Waals surface area (Å²) in [5.74, 6) is 0.632. The molecule has 1 aromatic carbocycles. The highest BCUT2D eigenvalue weighted by molar-refractivity contribution is 5.90. The average Bonchev–Trinajstić information content (AvgIpc) is 3.11. The van der Waals surface area contributed by atoms with Crippen LogP contribution < -0.4 is 0 Å². The second kappa shape index (κ2) is 2.92. The number of epoxide rings is 1. The SMILES string of the molecule is O=C(C1CC1)[C@@H]1O[C@H]1c1ccccc1. The first-order chi connectivity index (χ1) is 6.86. The molecule has 0 bridgehead atoms. The Labute approximate surface area is 82.9 Å². The Morgan fingerprint density at radius 2 is 1.93 bits per heavy atom. The molecular weight excluding hydrogens is 176 g/mol. The lowest BCUT2D eigenvalue weighted by atomic mass is 10.1. The molecule has 1 heterocycles. The largest absolute Gasteiger partial charge is 0.356 e. The van der Waals surface area contributed by atoms with Crippen LogP contribution in [-0.2, 0) is 9.53 Å². The minimum absolute atomic E-state index is 0.0456. The van der Waals surface area contributed by atoms with E-state index in [1.807, 2.05) is 30.3 Å². The smallest absolute Gasteiger partial charge is 0.167 e. The van der Waals surface area contributed by atoms with Crippen LogP contribution in [0.3, 0.4) is 0 Å². The standard InChI is InChI=1S/C12H12O2/c13-10(8-6-7-8)12-11(14-12)9-4-2-1-3-5-9/h1-5,8,11-12H,6-7H2/t11-,12-/m0/s1. The summed E-state index contributed by atoms with van der Waals surface area (Å²) in [5.41, 5.74) is 1.13. The molecular formula is C12H12O2. The Morgan fingerprint density at radius 1 is 1.21 bits per heavy atom. The number of Topliss-reactive ketones (excluding diaryl/α,β-unsaturated/α-hetero) is 1. The van der Waals surface area contributed by atoms with E-state index in [1.165, 1.54) is 0 Å². The first-order valence-electron chi connectivity index (χ1n) is 5.10. The number of hydrogen-bond acceptors (Lipinski definition) is 2. The van der Waals surface area contributed by atoms with Gasteiger partial charge in [0.2, 0.25) is 0 Å². The summed E-state index contributed by atoms with van der Waals surface area (Å²) in [4.78, 5) is 11.6. The zero-order valence-corrected chi connectivity index (χ0v) is 7.85. The summed E-state index contributed by atoms with van der Waals surface area (Å²) in [6.45, 7) is 0. The third-order valence-corrected chi connectivity index (χ3v) is 2.88. The number of rotatable bonds is 3. The summed E-state index contributed by atoms with van der Waals surface area (Å²) in [6, 6.07) is 9.98. The number of ketones is 1. The first-order valence-corrected chi connectivity index (χ1v) is 5.10. The van der Waals surface area contributed by atoms with Crippen LogP contribution in [0.5, 0.6) is 0 Å². The van der Waals surface area contributed by atoms with Crippen LogP contribution in [0.2, 0.25) is 0 Å². The molecule has 0 aromatic heterocycles. The lowest BCUT2D eigenvalue weighted by Crippen LogP contribution is -2.09. The second-order valence-corrected chi connectivity index (χ2v) is 4.06. The number of carbonyl (C=O) groups excluding carboxylic acids is 1. The summed E-state index contributed by atoms with van der Waals surface area (Å²) in [6.07, 6.45) is 2.05. The highest BCUT2D eigenvalue weighted by Crippen LogP contribution is 2.44. The highest BCUT2D eigenvalue weighted by atomic mass is 16.6. The molecule has 2 aliphatic rings. The fourth-order valence-electron chi connectivity index (χ4n) is 1.83. The maximum atomic E-state index is 11.6. The molecule has 14 heavy (non-hydrogen) atoms. The Kier molecular flexibility index (Phi) is 1.71. The van der Waals surface area contributed by atoms with Gasteiger partial charge in [-0.2, -0.15) is 0 Å². The Bertz CT molecular complexity index is 354. The van der Waals surface area contributed by atoms with E-state index in [4.69, 9.17) is 4.74 Å². The van der Waals surface area contributed by atoms with E-state index in [9.17, 15) is 4.79 Å². The zero-order chi connectivity index (χ0) is 9.54. The molecule has 1 aromatic rings. The maximum Gasteiger partial charge on any atom is 0.167 e. The number of ether oxygens (including phenoxy) is 1. The number of carbonyl (C=O) groups is 1. The van der Waals surface area contributed by atoms with Crippen molar-refractivity contribution in [3.05, 3.63) is 35.9 Å². The normalized spacial score (nSPS) is 30.0. The minimum Gasteiger partial charge on any atom is -0.356 e. The predicted octanol–water partition coefficient (Wildman–Crippen LogP) is 2.11. The Morgan fingerprint density at radius 3 is 2.57 bits per heavy atom. The van der Waals surface area contributed by atoms with Crippen molar-refractivity contribution in [3.8, 4) is 0 Å². The molecule has 0 spiro atoms. The van der Waals surface area contributed by atoms with E-state index in [-0.39, 0.29) is 12.2 Å². The summed E-state index contributed by atoms with van der Waals surface area (Å²) in [5, 5.41) is 0. The van der Waals surface area contributed by atoms with Crippen molar-refractivity contribution in [1.82, 2.24) is 0 Å². The van der Waals surface area contributed by atoms with Gasteiger partial charge in [-0.1, -0.05) is 30.3 Å². The van der Waals surface area contributed by atoms with Crippen LogP contribution in [0.25, 0.3) is 0 Å². The van der Waals surface area contributed by atoms with Gasteiger partial charge >= 0.3 is 0 Å². The minimum atomic E-state index is -0.134. The van der Waals surface area contributed by atoms with Crippen LogP contribution in [0.1, 0.15) is 24.5 Å². The van der Waals surface area contributed by atoms with Crippen LogP contribution in [-0.4, -0.2) is 11.9 Å². The van der Waals surface area contributed by atoms with Gasteiger partial charge in [0.1, 0.15) is 12.2 Å². The zero-order valence-electron chi connectivity index (χ0n) is 7.85. The average molecular weight is 188 g/mol. The molecule has 1 saturated carbocycles. The van der Waals surface area contributed by atoms with Gasteiger partial charge in [-0.3, -0.25) is 4.79 Å². The molecule has 72 valence electrons. The molecule has 0 N–H and O–H groups in total. The fourth-order valence-corrected chi connectivity index (χ4v) is 1.83. The van der Waals surface area contributed by atoms with Crippen molar-refractivity contribution in [2.24, 2.45) is 5.92 Å². The van der Waals surface area contributed by atoms with Gasteiger partial charge in [-0.25, -0.2) is 0 Å². The van der Waals surface area contributed by atoms with E-state index in [0.29, 0.717) is 11.7 Å². The van der Waals surface area contributed by atoms with E-state index in [0.717, 1.165) is 18.4 Å². The van der Waals surface area contributed by atoms with Gasteiger partial charge in [-0.05, 0) is 18.4 Å². The molecule has 2 atom stereocenters. The summed E-state index contributed by atoms with van der Waals surface area (Å²) >= 11 is 0. The van der Waals surface area contributed by atoms with Gasteiger partial charge in [0.05, 0.1) is 0 Å². The molecule has 1 aliphatic heterocycles. The quantitative estimate of drug-likeness (QED) is 0.680. The van der Waals surface area contributed by atoms with Gasteiger partial charge in [-0.15, -0.1) is 0 Å². The van der Waals surface area contributed by atoms with Crippen LogP contribution in [0, 0.1) is 5.92 Å². The number of hydrogen-bond donors (Lipinski definition) is 0. The lowest BCUT2D eigenvalue weighted by molar-refractivity contribution is -0.121. The molecule has 1 saturated heterocycles. The predicted molar refractivity (Wildman–Crippen MR) is 51.8 cm³/mol. The van der Waals surface area contributed by atoms with Gasteiger partial charge < -0.3 is 4.74 Å². The topological polar surface area (TPSA) is 29.6 Å². The van der Waals surface area contributed by atoms with Gasteiger partial charge in [0.25, 0.3) is 0 Å². The van der Waals surface area contributed by atoms with Crippen LogP contribution in [0.15, 0.2) is 30.3 Å². The summed E-state index contributed by atoms with van der Waals surface area (Å²) < 4.78 is 5.42. The monoisotopic (exact) mass is 188 g/mol. The van der Waals surface area contributed by atoms with Crippen molar-refractivity contribution >= 4 is 5.78 Å². The van der Waals surface area contributed by atoms with Gasteiger partial charge in [0.15, 0.2) is 5.78 Å². The summed E-state index contributed by atoms with van der Waals surface area (Å²) in [7, 11) is 0. The van der Waals surface area contributed by atoms with E-state index in [2.05, 4.69) is 0 Å². The van der Waals surface area contributed by atoms with Crippen molar-refractivity contribution in [1.29, 1.82) is 0 Å². The third kappa shape index (κ3) is 1.36. The van der Waals surface area contributed by atoms with E-state index < -0.39 is 0 Å². The molecule has 2 fully saturated rings. The first kappa shape index (κ1) is 8.18. The van der Waals surface area contributed by atoms with E-state index in [1.54, 1.807) is 0 Å².